The standard InChI is InChI=1S/C27H44N4O/c1-28(2)13-7-15-31(27(32)25-10-6-14-29(3)21-25)20-22-11-16-30(17-12-22)26-18-23-8-4-5-9-24(23)19-26/h4-5,8-9,22,25-26H,6-7,10-21H2,1-3H3/t25-/m0/s1. The minimum absolute atomic E-state index is 0.199. The van der Waals surface area contributed by atoms with E-state index in [1.807, 2.05) is 0 Å². The van der Waals surface area contributed by atoms with Gasteiger partial charge in [-0.1, -0.05) is 24.3 Å². The zero-order valence-electron chi connectivity index (χ0n) is 20.6. The summed E-state index contributed by atoms with van der Waals surface area (Å²) in [5, 5.41) is 0. The van der Waals surface area contributed by atoms with Gasteiger partial charge in [0.15, 0.2) is 0 Å². The summed E-state index contributed by atoms with van der Waals surface area (Å²) < 4.78 is 0. The SMILES string of the molecule is CN(C)CCCN(CC1CCN(C2Cc3ccccc3C2)CC1)C(=O)[C@H]1CCCN(C)C1. The summed E-state index contributed by atoms with van der Waals surface area (Å²) >= 11 is 0. The summed E-state index contributed by atoms with van der Waals surface area (Å²) in [5.74, 6) is 1.27. The Labute approximate surface area is 195 Å². The molecule has 2 aliphatic heterocycles. The van der Waals surface area contributed by atoms with Crippen LogP contribution in [0.5, 0.6) is 0 Å². The monoisotopic (exact) mass is 440 g/mol. The fourth-order valence-corrected chi connectivity index (χ4v) is 6.10. The number of hydrogen-bond donors (Lipinski definition) is 0. The van der Waals surface area contributed by atoms with Gasteiger partial charge in [0.2, 0.25) is 5.91 Å². The molecule has 0 saturated carbocycles. The van der Waals surface area contributed by atoms with Crippen molar-refractivity contribution >= 4 is 5.91 Å². The molecule has 2 heterocycles. The Bertz CT molecular complexity index is 718. The van der Waals surface area contributed by atoms with Gasteiger partial charge < -0.3 is 14.7 Å². The van der Waals surface area contributed by atoms with Crippen molar-refractivity contribution in [2.45, 2.75) is 51.0 Å². The van der Waals surface area contributed by atoms with Crippen LogP contribution in [0.1, 0.15) is 43.2 Å². The molecule has 4 rings (SSSR count). The topological polar surface area (TPSA) is 30.0 Å². The molecule has 32 heavy (non-hydrogen) atoms. The van der Waals surface area contributed by atoms with Crippen molar-refractivity contribution < 1.29 is 4.79 Å². The van der Waals surface area contributed by atoms with Gasteiger partial charge in [0.25, 0.3) is 0 Å². The molecule has 5 heteroatoms. The summed E-state index contributed by atoms with van der Waals surface area (Å²) in [6.45, 7) is 7.37. The second-order valence-electron chi connectivity index (χ2n) is 10.9. The van der Waals surface area contributed by atoms with E-state index in [9.17, 15) is 4.79 Å². The quantitative estimate of drug-likeness (QED) is 0.622. The van der Waals surface area contributed by atoms with Gasteiger partial charge in [-0.2, -0.15) is 0 Å². The van der Waals surface area contributed by atoms with Crippen LogP contribution in [-0.2, 0) is 17.6 Å². The first kappa shape index (κ1) is 23.7. The zero-order valence-corrected chi connectivity index (χ0v) is 20.6. The van der Waals surface area contributed by atoms with Crippen LogP contribution in [0.4, 0.5) is 0 Å². The molecule has 0 radical (unpaired) electrons. The Morgan fingerprint density at radius 3 is 2.31 bits per heavy atom. The lowest BCUT2D eigenvalue weighted by Crippen LogP contribution is -2.48. The molecule has 5 nitrogen and oxygen atoms in total. The van der Waals surface area contributed by atoms with E-state index in [1.54, 1.807) is 11.1 Å². The number of amides is 1. The number of nitrogens with zero attached hydrogens (tertiary/aromatic N) is 4. The Balaban J connectivity index is 1.29. The molecule has 1 amide bonds. The number of likely N-dealkylation sites (tertiary alicyclic amines) is 2. The Morgan fingerprint density at radius 2 is 1.69 bits per heavy atom. The van der Waals surface area contributed by atoms with Crippen molar-refractivity contribution in [3.05, 3.63) is 35.4 Å². The van der Waals surface area contributed by atoms with Gasteiger partial charge in [0, 0.05) is 25.7 Å². The first-order valence-electron chi connectivity index (χ1n) is 12.9. The molecule has 2 fully saturated rings. The maximum absolute atomic E-state index is 13.5. The third-order valence-electron chi connectivity index (χ3n) is 7.99. The van der Waals surface area contributed by atoms with Crippen LogP contribution in [0.2, 0.25) is 0 Å². The Hall–Kier alpha value is -1.43. The second-order valence-corrected chi connectivity index (χ2v) is 10.9. The first-order chi connectivity index (χ1) is 15.5. The van der Waals surface area contributed by atoms with Gasteiger partial charge in [-0.05, 0) is 109 Å². The maximum atomic E-state index is 13.5. The molecule has 0 spiro atoms. The van der Waals surface area contributed by atoms with Crippen LogP contribution in [0.25, 0.3) is 0 Å². The molecule has 0 aromatic heterocycles. The molecular weight excluding hydrogens is 396 g/mol. The van der Waals surface area contributed by atoms with Gasteiger partial charge in [0.05, 0.1) is 5.92 Å². The lowest BCUT2D eigenvalue weighted by atomic mass is 9.92. The predicted molar refractivity (Wildman–Crippen MR) is 132 cm³/mol. The fourth-order valence-electron chi connectivity index (χ4n) is 6.10. The van der Waals surface area contributed by atoms with Crippen molar-refractivity contribution in [3.63, 3.8) is 0 Å². The molecular formula is C27H44N4O. The average Bonchev–Trinajstić information content (AvgIpc) is 3.22. The highest BCUT2D eigenvalue weighted by atomic mass is 16.2. The van der Waals surface area contributed by atoms with Crippen LogP contribution in [0.3, 0.4) is 0 Å². The molecule has 1 aliphatic carbocycles. The van der Waals surface area contributed by atoms with E-state index in [-0.39, 0.29) is 5.92 Å². The number of carbonyl (C=O) groups excluding carboxylic acids is 1. The summed E-state index contributed by atoms with van der Waals surface area (Å²) in [6.07, 6.45) is 8.18. The van der Waals surface area contributed by atoms with E-state index in [0.717, 1.165) is 52.0 Å². The van der Waals surface area contributed by atoms with Crippen LogP contribution in [0, 0.1) is 11.8 Å². The van der Waals surface area contributed by atoms with Crippen LogP contribution in [0.15, 0.2) is 24.3 Å². The Morgan fingerprint density at radius 1 is 1.00 bits per heavy atom. The average molecular weight is 441 g/mol. The van der Waals surface area contributed by atoms with E-state index >= 15 is 0 Å². The first-order valence-corrected chi connectivity index (χ1v) is 12.9. The summed E-state index contributed by atoms with van der Waals surface area (Å²) in [7, 11) is 6.41. The maximum Gasteiger partial charge on any atom is 0.226 e. The van der Waals surface area contributed by atoms with Crippen molar-refractivity contribution in [2.24, 2.45) is 11.8 Å². The van der Waals surface area contributed by atoms with Gasteiger partial charge in [0.1, 0.15) is 0 Å². The molecule has 0 unspecified atom stereocenters. The zero-order chi connectivity index (χ0) is 22.5. The smallest absolute Gasteiger partial charge is 0.226 e. The van der Waals surface area contributed by atoms with Gasteiger partial charge in [-0.3, -0.25) is 9.69 Å². The highest BCUT2D eigenvalue weighted by molar-refractivity contribution is 5.79. The summed E-state index contributed by atoms with van der Waals surface area (Å²) in [5.41, 5.74) is 3.10. The van der Waals surface area contributed by atoms with Crippen LogP contribution < -0.4 is 0 Å². The van der Waals surface area contributed by atoms with Crippen LogP contribution in [-0.4, -0.2) is 98.5 Å². The fraction of sp³-hybridized carbons (Fsp3) is 0.741. The van der Waals surface area contributed by atoms with Crippen molar-refractivity contribution in [1.29, 1.82) is 0 Å². The van der Waals surface area contributed by atoms with Crippen molar-refractivity contribution in [3.8, 4) is 0 Å². The molecule has 1 atom stereocenters. The molecule has 2 saturated heterocycles. The van der Waals surface area contributed by atoms with E-state index in [1.165, 1.54) is 38.8 Å². The highest BCUT2D eigenvalue weighted by Gasteiger charge is 2.32. The van der Waals surface area contributed by atoms with E-state index in [4.69, 9.17) is 0 Å². The number of carbonyl (C=O) groups is 1. The van der Waals surface area contributed by atoms with Crippen molar-refractivity contribution in [1.82, 2.24) is 19.6 Å². The lowest BCUT2D eigenvalue weighted by molar-refractivity contribution is -0.138. The highest BCUT2D eigenvalue weighted by Crippen LogP contribution is 2.29. The Kier molecular flexibility index (Phi) is 8.25. The second kappa shape index (κ2) is 11.1. The number of fused-ring (bicyclic) bond motifs is 1. The molecule has 1 aromatic rings. The predicted octanol–water partition coefficient (Wildman–Crippen LogP) is 2.99. The largest absolute Gasteiger partial charge is 0.342 e. The third kappa shape index (κ3) is 6.12. The normalized spacial score (nSPS) is 23.6. The molecule has 0 bridgehead atoms. The van der Waals surface area contributed by atoms with E-state index in [2.05, 4.69) is 65.0 Å². The lowest BCUT2D eigenvalue weighted by Gasteiger charge is -2.39. The molecule has 3 aliphatic rings. The molecule has 178 valence electrons. The van der Waals surface area contributed by atoms with E-state index in [0.29, 0.717) is 17.9 Å². The number of rotatable bonds is 8. The van der Waals surface area contributed by atoms with Gasteiger partial charge in [-0.25, -0.2) is 0 Å². The number of hydrogen-bond acceptors (Lipinski definition) is 4. The number of piperidine rings is 2. The van der Waals surface area contributed by atoms with Gasteiger partial charge in [-0.15, -0.1) is 0 Å². The summed E-state index contributed by atoms with van der Waals surface area (Å²) in [4.78, 5) is 23.0. The summed E-state index contributed by atoms with van der Waals surface area (Å²) in [6, 6.07) is 9.66. The molecule has 0 N–H and O–H groups in total. The van der Waals surface area contributed by atoms with Gasteiger partial charge >= 0.3 is 0 Å². The van der Waals surface area contributed by atoms with E-state index < -0.39 is 0 Å². The minimum Gasteiger partial charge on any atom is -0.342 e. The van der Waals surface area contributed by atoms with Crippen molar-refractivity contribution in [2.75, 3.05) is 67.0 Å². The third-order valence-corrected chi connectivity index (χ3v) is 7.99. The van der Waals surface area contributed by atoms with Crippen LogP contribution >= 0.6 is 0 Å². The number of benzene rings is 1. The molecule has 1 aromatic carbocycles. The minimum atomic E-state index is 0.199.